The third kappa shape index (κ3) is 4.96. The Kier molecular flexibility index (Phi) is 5.26. The van der Waals surface area contributed by atoms with E-state index in [0.717, 1.165) is 33.1 Å². The van der Waals surface area contributed by atoms with Crippen molar-refractivity contribution in [1.82, 2.24) is 10.3 Å². The smallest absolute Gasteiger partial charge is 0.407 e. The molecule has 2 aromatic rings. The average molecular weight is 333 g/mol. The first-order valence-corrected chi connectivity index (χ1v) is 8.40. The number of nitrogens with zero attached hydrogens (tertiary/aromatic N) is 1. The fourth-order valence-electron chi connectivity index (χ4n) is 2.03. The molecule has 0 bridgehead atoms. The third-order valence-electron chi connectivity index (χ3n) is 3.13. The molecule has 0 aromatic carbocycles. The minimum absolute atomic E-state index is 0.411. The first kappa shape index (κ1) is 17.3. The van der Waals surface area contributed by atoms with Crippen LogP contribution in [-0.2, 0) is 17.7 Å². The minimum atomic E-state index is -0.491. The van der Waals surface area contributed by atoms with Crippen LogP contribution in [0.2, 0.25) is 0 Å². The lowest BCUT2D eigenvalue weighted by molar-refractivity contribution is 0.0524. The van der Waals surface area contributed by atoms with Crippen molar-refractivity contribution in [3.8, 4) is 10.6 Å². The molecule has 0 aliphatic rings. The Morgan fingerprint density at radius 1 is 1.39 bits per heavy atom. The molecule has 0 saturated heterocycles. The maximum Gasteiger partial charge on any atom is 0.407 e. The highest BCUT2D eigenvalue weighted by Crippen LogP contribution is 2.28. The molecule has 0 atom stereocenters. The Bertz CT molecular complexity index is 689. The predicted octanol–water partition coefficient (Wildman–Crippen LogP) is 3.98. The van der Waals surface area contributed by atoms with Crippen molar-refractivity contribution in [2.24, 2.45) is 0 Å². The highest BCUT2D eigenvalue weighted by Gasteiger charge is 2.16. The Morgan fingerprint density at radius 3 is 2.78 bits per heavy atom. The van der Waals surface area contributed by atoms with E-state index >= 15 is 0 Å². The topological polar surface area (TPSA) is 77.2 Å². The van der Waals surface area contributed by atoms with Crippen LogP contribution in [0.1, 0.15) is 38.1 Å². The molecular formula is C17H23N3O2S. The fraction of sp³-hybridized carbons (Fsp3) is 0.412. The van der Waals surface area contributed by atoms with Gasteiger partial charge in [-0.2, -0.15) is 0 Å². The Balaban J connectivity index is 2.02. The summed E-state index contributed by atoms with van der Waals surface area (Å²) in [5, 5.41) is 2.76. The molecule has 2 aromatic heterocycles. The van der Waals surface area contributed by atoms with Crippen LogP contribution >= 0.6 is 11.3 Å². The number of nitrogens with two attached hydrogens (primary N) is 1. The van der Waals surface area contributed by atoms with Gasteiger partial charge in [-0.05, 0) is 51.0 Å². The molecule has 3 N–H and O–H groups in total. The maximum atomic E-state index is 11.7. The zero-order valence-electron chi connectivity index (χ0n) is 14.0. The largest absolute Gasteiger partial charge is 0.444 e. The SMILES string of the molecule is CCc1cc(-c2ccc(CNC(=O)OC(C)(C)C)s2)ncc1N. The zero-order valence-corrected chi connectivity index (χ0v) is 14.8. The van der Waals surface area contributed by atoms with Crippen LogP contribution in [0.15, 0.2) is 24.4 Å². The van der Waals surface area contributed by atoms with Gasteiger partial charge >= 0.3 is 6.09 Å². The van der Waals surface area contributed by atoms with Crippen molar-refractivity contribution < 1.29 is 9.53 Å². The van der Waals surface area contributed by atoms with Crippen LogP contribution in [0.3, 0.4) is 0 Å². The minimum Gasteiger partial charge on any atom is -0.444 e. The number of aromatic nitrogens is 1. The molecule has 23 heavy (non-hydrogen) atoms. The van der Waals surface area contributed by atoms with E-state index in [1.54, 1.807) is 17.5 Å². The molecule has 1 amide bonds. The molecule has 0 aliphatic heterocycles. The maximum absolute atomic E-state index is 11.7. The number of hydrogen-bond acceptors (Lipinski definition) is 5. The molecule has 0 radical (unpaired) electrons. The Labute approximate surface area is 140 Å². The van der Waals surface area contributed by atoms with Crippen LogP contribution in [0.25, 0.3) is 10.6 Å². The summed E-state index contributed by atoms with van der Waals surface area (Å²) in [7, 11) is 0. The summed E-state index contributed by atoms with van der Waals surface area (Å²) in [6.07, 6.45) is 2.16. The molecule has 0 unspecified atom stereocenters. The number of amides is 1. The molecule has 0 spiro atoms. The van der Waals surface area contributed by atoms with E-state index in [1.165, 1.54) is 0 Å². The molecule has 2 heterocycles. The monoisotopic (exact) mass is 333 g/mol. The summed E-state index contributed by atoms with van der Waals surface area (Å²) in [5.41, 5.74) is 8.13. The molecular weight excluding hydrogens is 310 g/mol. The van der Waals surface area contributed by atoms with E-state index in [1.807, 2.05) is 39.0 Å². The van der Waals surface area contributed by atoms with Crippen LogP contribution in [0, 0.1) is 0 Å². The van der Waals surface area contributed by atoms with Gasteiger partial charge < -0.3 is 15.8 Å². The summed E-state index contributed by atoms with van der Waals surface area (Å²) in [6, 6.07) is 6.02. The van der Waals surface area contributed by atoms with Crippen molar-refractivity contribution in [3.63, 3.8) is 0 Å². The van der Waals surface area contributed by atoms with Gasteiger partial charge in [-0.1, -0.05) is 6.92 Å². The number of thiophene rings is 1. The van der Waals surface area contributed by atoms with Gasteiger partial charge in [-0.3, -0.25) is 4.98 Å². The van der Waals surface area contributed by atoms with E-state index in [4.69, 9.17) is 10.5 Å². The van der Waals surface area contributed by atoms with Gasteiger partial charge in [-0.25, -0.2) is 4.79 Å². The van der Waals surface area contributed by atoms with Gasteiger partial charge in [0.2, 0.25) is 0 Å². The quantitative estimate of drug-likeness (QED) is 0.887. The summed E-state index contributed by atoms with van der Waals surface area (Å²) in [6.45, 7) is 8.03. The first-order chi connectivity index (χ1) is 10.8. The lowest BCUT2D eigenvalue weighted by atomic mass is 10.1. The van der Waals surface area contributed by atoms with Crippen LogP contribution < -0.4 is 11.1 Å². The van der Waals surface area contributed by atoms with Crippen LogP contribution in [0.4, 0.5) is 10.5 Å². The number of carbonyl (C=O) groups is 1. The first-order valence-electron chi connectivity index (χ1n) is 7.59. The van der Waals surface area contributed by atoms with E-state index < -0.39 is 11.7 Å². The van der Waals surface area contributed by atoms with Gasteiger partial charge in [-0.15, -0.1) is 11.3 Å². The van der Waals surface area contributed by atoms with Crippen molar-refractivity contribution in [2.45, 2.75) is 46.3 Å². The number of pyridine rings is 1. The van der Waals surface area contributed by atoms with Gasteiger partial charge in [0.05, 0.1) is 29.0 Å². The highest BCUT2D eigenvalue weighted by molar-refractivity contribution is 7.15. The number of carbonyl (C=O) groups excluding carboxylic acids is 1. The lowest BCUT2D eigenvalue weighted by Gasteiger charge is -2.19. The van der Waals surface area contributed by atoms with E-state index in [-0.39, 0.29) is 0 Å². The zero-order chi connectivity index (χ0) is 17.0. The van der Waals surface area contributed by atoms with E-state index in [0.29, 0.717) is 6.54 Å². The van der Waals surface area contributed by atoms with Crippen molar-refractivity contribution >= 4 is 23.1 Å². The van der Waals surface area contributed by atoms with Crippen LogP contribution in [-0.4, -0.2) is 16.7 Å². The molecule has 124 valence electrons. The van der Waals surface area contributed by atoms with Gasteiger partial charge in [0.1, 0.15) is 5.60 Å². The summed E-state index contributed by atoms with van der Waals surface area (Å²) in [5.74, 6) is 0. The molecule has 0 aliphatic carbocycles. The predicted molar refractivity (Wildman–Crippen MR) is 94.4 cm³/mol. The second kappa shape index (κ2) is 7.00. The van der Waals surface area contributed by atoms with E-state index in [9.17, 15) is 4.79 Å². The van der Waals surface area contributed by atoms with Gasteiger partial charge in [0.15, 0.2) is 0 Å². The molecule has 6 heteroatoms. The van der Waals surface area contributed by atoms with Gasteiger partial charge in [0, 0.05) is 4.88 Å². The second-order valence-corrected chi connectivity index (χ2v) is 7.41. The molecule has 0 saturated carbocycles. The van der Waals surface area contributed by atoms with Crippen molar-refractivity contribution in [1.29, 1.82) is 0 Å². The Hall–Kier alpha value is -2.08. The number of anilines is 1. The number of hydrogen-bond donors (Lipinski definition) is 2. The normalized spacial score (nSPS) is 11.3. The number of aryl methyl sites for hydroxylation is 1. The summed E-state index contributed by atoms with van der Waals surface area (Å²) >= 11 is 1.60. The van der Waals surface area contributed by atoms with E-state index in [2.05, 4.69) is 17.2 Å². The number of ether oxygens (including phenoxy) is 1. The summed E-state index contributed by atoms with van der Waals surface area (Å²) in [4.78, 5) is 18.2. The molecule has 0 fully saturated rings. The van der Waals surface area contributed by atoms with Crippen molar-refractivity contribution in [3.05, 3.63) is 34.8 Å². The Morgan fingerprint density at radius 2 is 2.13 bits per heavy atom. The van der Waals surface area contributed by atoms with Crippen LogP contribution in [0.5, 0.6) is 0 Å². The standard InChI is InChI=1S/C17H23N3O2S/c1-5-11-8-14(19-10-13(11)18)15-7-6-12(23-15)9-20-16(21)22-17(2,3)4/h6-8,10H,5,9,18H2,1-4H3,(H,20,21). The molecule has 5 nitrogen and oxygen atoms in total. The number of rotatable bonds is 4. The highest BCUT2D eigenvalue weighted by atomic mass is 32.1. The average Bonchev–Trinajstić information content (AvgIpc) is 2.93. The number of nitrogens with one attached hydrogen (secondary N) is 1. The van der Waals surface area contributed by atoms with Gasteiger partial charge in [0.25, 0.3) is 0 Å². The number of nitrogen functional groups attached to an aromatic ring is 1. The second-order valence-electron chi connectivity index (χ2n) is 6.24. The lowest BCUT2D eigenvalue weighted by Crippen LogP contribution is -2.31. The third-order valence-corrected chi connectivity index (χ3v) is 4.23. The fourth-order valence-corrected chi connectivity index (χ4v) is 2.95. The summed E-state index contributed by atoms with van der Waals surface area (Å²) < 4.78 is 5.22. The number of alkyl carbamates (subject to hydrolysis) is 1. The van der Waals surface area contributed by atoms with Crippen molar-refractivity contribution in [2.75, 3.05) is 5.73 Å². The molecule has 2 rings (SSSR count).